The van der Waals surface area contributed by atoms with E-state index in [4.69, 9.17) is 4.74 Å². The van der Waals surface area contributed by atoms with E-state index in [-0.39, 0.29) is 12.1 Å². The van der Waals surface area contributed by atoms with Gasteiger partial charge >= 0.3 is 6.09 Å². The van der Waals surface area contributed by atoms with Crippen LogP contribution < -0.4 is 0 Å². The van der Waals surface area contributed by atoms with Gasteiger partial charge in [0, 0.05) is 12.6 Å². The van der Waals surface area contributed by atoms with Gasteiger partial charge in [-0.3, -0.25) is 0 Å². The van der Waals surface area contributed by atoms with E-state index in [1.165, 1.54) is 0 Å². The molecule has 0 aliphatic rings. The zero-order chi connectivity index (χ0) is 14.8. The van der Waals surface area contributed by atoms with Gasteiger partial charge in [-0.25, -0.2) is 4.79 Å². The van der Waals surface area contributed by atoms with Crippen molar-refractivity contribution in [1.29, 1.82) is 0 Å². The zero-order valence-corrected chi connectivity index (χ0v) is 12.1. The molecule has 0 N–H and O–H groups in total. The minimum absolute atomic E-state index is 0.106. The number of allylic oxidation sites excluding steroid dienone is 1. The van der Waals surface area contributed by atoms with Gasteiger partial charge in [-0.05, 0) is 25.3 Å². The molecule has 0 saturated carbocycles. The summed E-state index contributed by atoms with van der Waals surface area (Å²) in [4.78, 5) is 13.8. The molecule has 1 rings (SSSR count). The summed E-state index contributed by atoms with van der Waals surface area (Å²) in [6.07, 6.45) is 5.02. The first kappa shape index (κ1) is 16.0. The van der Waals surface area contributed by atoms with Crippen molar-refractivity contribution in [2.45, 2.75) is 32.4 Å². The normalized spacial score (nSPS) is 11.4. The van der Waals surface area contributed by atoms with E-state index in [2.05, 4.69) is 13.2 Å². The standard InChI is InChI=1S/C17H23NO2/c1-4-6-10-15(3)18(13-5-2)17(19)20-14-16-11-8-7-9-12-16/h4-5,7-9,11-12,15H,1-2,6,10,13-14H2,3H3. The fourth-order valence-electron chi connectivity index (χ4n) is 1.89. The number of benzene rings is 1. The number of carbonyl (C=O) groups excluding carboxylic acids is 1. The lowest BCUT2D eigenvalue weighted by Gasteiger charge is -2.27. The molecule has 0 spiro atoms. The van der Waals surface area contributed by atoms with Gasteiger partial charge in [0.25, 0.3) is 0 Å². The van der Waals surface area contributed by atoms with Crippen LogP contribution in [0.1, 0.15) is 25.3 Å². The highest BCUT2D eigenvalue weighted by Gasteiger charge is 2.19. The van der Waals surface area contributed by atoms with Gasteiger partial charge < -0.3 is 9.64 Å². The van der Waals surface area contributed by atoms with Crippen molar-refractivity contribution in [1.82, 2.24) is 4.90 Å². The molecule has 20 heavy (non-hydrogen) atoms. The average molecular weight is 273 g/mol. The quantitative estimate of drug-likeness (QED) is 0.665. The summed E-state index contributed by atoms with van der Waals surface area (Å²) >= 11 is 0. The first-order valence-corrected chi connectivity index (χ1v) is 6.88. The molecule has 0 fully saturated rings. The summed E-state index contributed by atoms with van der Waals surface area (Å²) in [5.41, 5.74) is 0.984. The van der Waals surface area contributed by atoms with E-state index in [1.54, 1.807) is 11.0 Å². The Labute approximate surface area is 121 Å². The number of carbonyl (C=O) groups is 1. The molecule has 0 aromatic heterocycles. The van der Waals surface area contributed by atoms with Crippen LogP contribution in [0.5, 0.6) is 0 Å². The topological polar surface area (TPSA) is 29.5 Å². The molecule has 0 saturated heterocycles. The van der Waals surface area contributed by atoms with Gasteiger partial charge in [0.15, 0.2) is 0 Å². The summed E-state index contributed by atoms with van der Waals surface area (Å²) in [7, 11) is 0. The van der Waals surface area contributed by atoms with E-state index >= 15 is 0 Å². The number of amides is 1. The molecule has 1 aromatic rings. The second-order valence-electron chi connectivity index (χ2n) is 4.70. The van der Waals surface area contributed by atoms with E-state index in [1.807, 2.05) is 43.3 Å². The summed E-state index contributed by atoms with van der Waals surface area (Å²) in [5, 5.41) is 0. The predicted octanol–water partition coefficient (Wildman–Crippen LogP) is 4.17. The van der Waals surface area contributed by atoms with Crippen LogP contribution in [0, 0.1) is 0 Å². The zero-order valence-electron chi connectivity index (χ0n) is 12.1. The number of hydrogen-bond donors (Lipinski definition) is 0. The maximum absolute atomic E-state index is 12.1. The minimum atomic E-state index is -0.301. The molecular formula is C17H23NO2. The number of nitrogens with zero attached hydrogens (tertiary/aromatic N) is 1. The Morgan fingerprint density at radius 1 is 1.30 bits per heavy atom. The van der Waals surface area contributed by atoms with E-state index in [9.17, 15) is 4.79 Å². The van der Waals surface area contributed by atoms with Crippen LogP contribution in [0.15, 0.2) is 55.6 Å². The molecule has 3 nitrogen and oxygen atoms in total. The van der Waals surface area contributed by atoms with E-state index in [0.29, 0.717) is 13.2 Å². The van der Waals surface area contributed by atoms with Crippen molar-refractivity contribution in [3.63, 3.8) is 0 Å². The Balaban J connectivity index is 2.54. The molecular weight excluding hydrogens is 250 g/mol. The molecule has 0 heterocycles. The molecule has 108 valence electrons. The molecule has 1 aromatic carbocycles. The van der Waals surface area contributed by atoms with Crippen molar-refractivity contribution in [3.8, 4) is 0 Å². The summed E-state index contributed by atoms with van der Waals surface area (Å²) in [6.45, 7) is 10.2. The largest absolute Gasteiger partial charge is 0.445 e. The van der Waals surface area contributed by atoms with Gasteiger partial charge in [0.2, 0.25) is 0 Å². The second kappa shape index (κ2) is 8.97. The highest BCUT2D eigenvalue weighted by Crippen LogP contribution is 2.10. The lowest BCUT2D eigenvalue weighted by Crippen LogP contribution is -2.39. The minimum Gasteiger partial charge on any atom is -0.445 e. The van der Waals surface area contributed by atoms with Gasteiger partial charge in [-0.2, -0.15) is 0 Å². The molecule has 3 heteroatoms. The maximum Gasteiger partial charge on any atom is 0.410 e. The summed E-state index contributed by atoms with van der Waals surface area (Å²) in [6, 6.07) is 9.77. The van der Waals surface area contributed by atoms with Crippen LogP contribution in [-0.2, 0) is 11.3 Å². The molecule has 1 unspecified atom stereocenters. The highest BCUT2D eigenvalue weighted by molar-refractivity contribution is 5.68. The summed E-state index contributed by atoms with van der Waals surface area (Å²) in [5.74, 6) is 0. The Morgan fingerprint density at radius 3 is 2.60 bits per heavy atom. The van der Waals surface area contributed by atoms with Gasteiger partial charge in [-0.15, -0.1) is 13.2 Å². The average Bonchev–Trinajstić information content (AvgIpc) is 2.49. The van der Waals surface area contributed by atoms with Gasteiger partial charge in [0.1, 0.15) is 6.61 Å². The van der Waals surface area contributed by atoms with Crippen LogP contribution in [0.25, 0.3) is 0 Å². The molecule has 0 aliphatic heterocycles. The van der Waals surface area contributed by atoms with Crippen molar-refractivity contribution >= 4 is 6.09 Å². The fraction of sp³-hybridized carbons (Fsp3) is 0.353. The fourth-order valence-corrected chi connectivity index (χ4v) is 1.89. The van der Waals surface area contributed by atoms with Crippen LogP contribution in [-0.4, -0.2) is 23.6 Å². The number of hydrogen-bond acceptors (Lipinski definition) is 2. The lowest BCUT2D eigenvalue weighted by atomic mass is 10.1. The Hall–Kier alpha value is -2.03. The Morgan fingerprint density at radius 2 is 2.00 bits per heavy atom. The third kappa shape index (κ3) is 5.31. The van der Waals surface area contributed by atoms with Crippen LogP contribution in [0.3, 0.4) is 0 Å². The van der Waals surface area contributed by atoms with Crippen LogP contribution in [0.4, 0.5) is 4.79 Å². The maximum atomic E-state index is 12.1. The monoisotopic (exact) mass is 273 g/mol. The third-order valence-corrected chi connectivity index (χ3v) is 3.09. The van der Waals surface area contributed by atoms with Crippen molar-refractivity contribution in [3.05, 3.63) is 61.2 Å². The molecule has 0 bridgehead atoms. The van der Waals surface area contributed by atoms with E-state index < -0.39 is 0 Å². The van der Waals surface area contributed by atoms with Crippen molar-refractivity contribution in [2.75, 3.05) is 6.54 Å². The molecule has 1 amide bonds. The van der Waals surface area contributed by atoms with E-state index in [0.717, 1.165) is 18.4 Å². The molecule has 0 radical (unpaired) electrons. The van der Waals surface area contributed by atoms with Crippen molar-refractivity contribution in [2.24, 2.45) is 0 Å². The Kier molecular flexibility index (Phi) is 7.18. The van der Waals surface area contributed by atoms with Crippen LogP contribution in [0.2, 0.25) is 0 Å². The highest BCUT2D eigenvalue weighted by atomic mass is 16.6. The van der Waals surface area contributed by atoms with Gasteiger partial charge in [-0.1, -0.05) is 42.5 Å². The molecule has 1 atom stereocenters. The van der Waals surface area contributed by atoms with Gasteiger partial charge in [0.05, 0.1) is 0 Å². The summed E-state index contributed by atoms with van der Waals surface area (Å²) < 4.78 is 5.36. The SMILES string of the molecule is C=CCCC(C)N(CC=C)C(=O)OCc1ccccc1. The predicted molar refractivity (Wildman–Crippen MR) is 82.4 cm³/mol. The lowest BCUT2D eigenvalue weighted by molar-refractivity contribution is 0.0866. The second-order valence-corrected chi connectivity index (χ2v) is 4.70. The van der Waals surface area contributed by atoms with Crippen molar-refractivity contribution < 1.29 is 9.53 Å². The first-order valence-electron chi connectivity index (χ1n) is 6.88. The smallest absolute Gasteiger partial charge is 0.410 e. The molecule has 0 aliphatic carbocycles. The first-order chi connectivity index (χ1) is 9.69. The van der Waals surface area contributed by atoms with Crippen LogP contribution >= 0.6 is 0 Å². The number of ether oxygens (including phenoxy) is 1. The Bertz CT molecular complexity index is 428. The number of rotatable bonds is 8. The third-order valence-electron chi connectivity index (χ3n) is 3.09.